The molecule has 2 aromatic carbocycles. The molecule has 0 saturated carbocycles. The predicted molar refractivity (Wildman–Crippen MR) is 129 cm³/mol. The second-order valence-electron chi connectivity index (χ2n) is 7.49. The smallest absolute Gasteiger partial charge is 0.226 e. The lowest BCUT2D eigenvalue weighted by molar-refractivity contribution is -0.127. The molecule has 1 aromatic heterocycles. The Morgan fingerprint density at radius 2 is 1.72 bits per heavy atom. The van der Waals surface area contributed by atoms with Gasteiger partial charge in [-0.15, -0.1) is 11.8 Å². The standard InChI is InChI=1S/C26H33NO4S/c1-5-28-20(3)29-17-6-7-21-8-12-23(13-9-21)30-18-16-25-19(2)31-26(27-25)22-10-14-24(32-4)15-11-22/h8-15,20H,5-7,16-18H2,1-4H3. The Balaban J connectivity index is 1.43. The molecule has 1 atom stereocenters. The Labute approximate surface area is 195 Å². The van der Waals surface area contributed by atoms with Crippen LogP contribution >= 0.6 is 11.8 Å². The summed E-state index contributed by atoms with van der Waals surface area (Å²) in [5.74, 6) is 2.37. The molecule has 3 aromatic rings. The molecule has 0 radical (unpaired) electrons. The maximum Gasteiger partial charge on any atom is 0.226 e. The van der Waals surface area contributed by atoms with Gasteiger partial charge in [-0.3, -0.25) is 0 Å². The maximum atomic E-state index is 5.92. The molecule has 6 heteroatoms. The quantitative estimate of drug-likeness (QED) is 0.171. The fraction of sp³-hybridized carbons (Fsp3) is 0.423. The van der Waals surface area contributed by atoms with Gasteiger partial charge >= 0.3 is 0 Å². The number of hydrogen-bond donors (Lipinski definition) is 0. The van der Waals surface area contributed by atoms with Crippen LogP contribution in [0.3, 0.4) is 0 Å². The van der Waals surface area contributed by atoms with E-state index in [0.29, 0.717) is 32.1 Å². The van der Waals surface area contributed by atoms with Crippen LogP contribution < -0.4 is 4.74 Å². The Kier molecular flexibility index (Phi) is 9.65. The second-order valence-corrected chi connectivity index (χ2v) is 8.37. The summed E-state index contributed by atoms with van der Waals surface area (Å²) in [6, 6.07) is 16.5. The van der Waals surface area contributed by atoms with Gasteiger partial charge in [-0.25, -0.2) is 4.98 Å². The highest BCUT2D eigenvalue weighted by molar-refractivity contribution is 7.98. The van der Waals surface area contributed by atoms with E-state index in [9.17, 15) is 0 Å². The van der Waals surface area contributed by atoms with Crippen LogP contribution in [0.5, 0.6) is 5.75 Å². The van der Waals surface area contributed by atoms with E-state index in [2.05, 4.69) is 35.5 Å². The lowest BCUT2D eigenvalue weighted by Crippen LogP contribution is -2.13. The van der Waals surface area contributed by atoms with Gasteiger partial charge in [0.25, 0.3) is 0 Å². The van der Waals surface area contributed by atoms with E-state index in [1.807, 2.05) is 45.0 Å². The zero-order valence-electron chi connectivity index (χ0n) is 19.4. The van der Waals surface area contributed by atoms with Crippen LogP contribution in [0.2, 0.25) is 0 Å². The minimum atomic E-state index is -0.138. The molecule has 32 heavy (non-hydrogen) atoms. The molecule has 0 amide bonds. The van der Waals surface area contributed by atoms with Crippen molar-refractivity contribution in [2.24, 2.45) is 0 Å². The van der Waals surface area contributed by atoms with E-state index in [1.54, 1.807) is 11.8 Å². The Morgan fingerprint density at radius 3 is 2.41 bits per heavy atom. The van der Waals surface area contributed by atoms with Gasteiger partial charge < -0.3 is 18.6 Å². The molecule has 0 fully saturated rings. The van der Waals surface area contributed by atoms with Crippen molar-refractivity contribution in [1.29, 1.82) is 0 Å². The highest BCUT2D eigenvalue weighted by Crippen LogP contribution is 2.25. The third-order valence-electron chi connectivity index (χ3n) is 5.12. The van der Waals surface area contributed by atoms with E-state index in [-0.39, 0.29) is 6.29 Å². The molecule has 0 spiro atoms. The van der Waals surface area contributed by atoms with Crippen molar-refractivity contribution >= 4 is 11.8 Å². The first kappa shape index (κ1) is 24.4. The van der Waals surface area contributed by atoms with Crippen LogP contribution in [0.4, 0.5) is 0 Å². The summed E-state index contributed by atoms with van der Waals surface area (Å²) in [5, 5.41) is 0. The van der Waals surface area contributed by atoms with Gasteiger partial charge in [0.15, 0.2) is 6.29 Å². The highest BCUT2D eigenvalue weighted by atomic mass is 32.2. The van der Waals surface area contributed by atoms with Gasteiger partial charge in [0.1, 0.15) is 11.5 Å². The van der Waals surface area contributed by atoms with E-state index in [4.69, 9.17) is 18.6 Å². The van der Waals surface area contributed by atoms with Gasteiger partial charge in [0, 0.05) is 23.5 Å². The van der Waals surface area contributed by atoms with Crippen molar-refractivity contribution in [3.05, 3.63) is 65.5 Å². The van der Waals surface area contributed by atoms with E-state index in [1.165, 1.54) is 10.5 Å². The van der Waals surface area contributed by atoms with Crippen LogP contribution in [0.15, 0.2) is 57.8 Å². The van der Waals surface area contributed by atoms with Crippen LogP contribution in [0, 0.1) is 6.92 Å². The molecule has 0 aliphatic rings. The predicted octanol–water partition coefficient (Wildman–Crippen LogP) is 6.33. The maximum absolute atomic E-state index is 5.92. The van der Waals surface area contributed by atoms with Crippen molar-refractivity contribution in [3.63, 3.8) is 0 Å². The number of benzene rings is 2. The molecule has 3 rings (SSSR count). The lowest BCUT2D eigenvalue weighted by Gasteiger charge is -2.12. The zero-order valence-corrected chi connectivity index (χ0v) is 20.2. The number of hydrogen-bond acceptors (Lipinski definition) is 6. The van der Waals surface area contributed by atoms with Crippen molar-refractivity contribution < 1.29 is 18.6 Å². The van der Waals surface area contributed by atoms with Crippen LogP contribution in [0.1, 0.15) is 37.3 Å². The van der Waals surface area contributed by atoms with Crippen molar-refractivity contribution in [1.82, 2.24) is 4.98 Å². The second kappa shape index (κ2) is 12.7. The summed E-state index contributed by atoms with van der Waals surface area (Å²) < 4.78 is 22.8. The highest BCUT2D eigenvalue weighted by Gasteiger charge is 2.11. The third-order valence-corrected chi connectivity index (χ3v) is 5.87. The largest absolute Gasteiger partial charge is 0.493 e. The Bertz CT molecular complexity index is 937. The van der Waals surface area contributed by atoms with E-state index < -0.39 is 0 Å². The van der Waals surface area contributed by atoms with Crippen molar-refractivity contribution in [2.45, 2.75) is 51.2 Å². The van der Waals surface area contributed by atoms with E-state index >= 15 is 0 Å². The molecular formula is C26H33NO4S. The number of aromatic nitrogens is 1. The van der Waals surface area contributed by atoms with Crippen LogP contribution in [0.25, 0.3) is 11.5 Å². The average molecular weight is 456 g/mol. The summed E-state index contributed by atoms with van der Waals surface area (Å²) in [5.41, 5.74) is 3.20. The third kappa shape index (κ3) is 7.40. The molecule has 0 saturated heterocycles. The van der Waals surface area contributed by atoms with Gasteiger partial charge in [0.05, 0.1) is 18.9 Å². The molecule has 0 bridgehead atoms. The molecule has 1 unspecified atom stereocenters. The minimum absolute atomic E-state index is 0.138. The molecule has 172 valence electrons. The number of oxazole rings is 1. The summed E-state index contributed by atoms with van der Waals surface area (Å²) in [4.78, 5) is 5.90. The first-order valence-corrected chi connectivity index (χ1v) is 12.4. The summed E-state index contributed by atoms with van der Waals surface area (Å²) in [7, 11) is 0. The first-order chi connectivity index (χ1) is 15.6. The lowest BCUT2D eigenvalue weighted by atomic mass is 10.1. The van der Waals surface area contributed by atoms with Crippen molar-refractivity contribution in [2.75, 3.05) is 26.1 Å². The fourth-order valence-electron chi connectivity index (χ4n) is 3.34. The molecule has 0 aliphatic heterocycles. The Hall–Kier alpha value is -2.28. The van der Waals surface area contributed by atoms with Crippen LogP contribution in [-0.2, 0) is 22.3 Å². The summed E-state index contributed by atoms with van der Waals surface area (Å²) >= 11 is 1.72. The molecule has 0 N–H and O–H groups in total. The van der Waals surface area contributed by atoms with Gasteiger partial charge in [-0.2, -0.15) is 0 Å². The van der Waals surface area contributed by atoms with Crippen molar-refractivity contribution in [3.8, 4) is 17.2 Å². The number of thioether (sulfide) groups is 1. The fourth-order valence-corrected chi connectivity index (χ4v) is 3.75. The van der Waals surface area contributed by atoms with Gasteiger partial charge in [0.2, 0.25) is 5.89 Å². The number of nitrogens with zero attached hydrogens (tertiary/aromatic N) is 1. The Morgan fingerprint density at radius 1 is 0.969 bits per heavy atom. The minimum Gasteiger partial charge on any atom is -0.493 e. The van der Waals surface area contributed by atoms with Crippen LogP contribution in [-0.4, -0.2) is 37.4 Å². The van der Waals surface area contributed by atoms with Gasteiger partial charge in [-0.1, -0.05) is 12.1 Å². The molecule has 5 nitrogen and oxygen atoms in total. The summed E-state index contributed by atoms with van der Waals surface area (Å²) in [6.45, 7) is 7.78. The monoisotopic (exact) mass is 455 g/mol. The topological polar surface area (TPSA) is 53.7 Å². The normalized spacial score (nSPS) is 12.1. The van der Waals surface area contributed by atoms with Gasteiger partial charge in [-0.05, 0) is 81.8 Å². The first-order valence-electron chi connectivity index (χ1n) is 11.1. The number of aryl methyl sites for hydroxylation is 2. The average Bonchev–Trinajstić information content (AvgIpc) is 3.18. The summed E-state index contributed by atoms with van der Waals surface area (Å²) in [6.07, 6.45) is 4.57. The zero-order chi connectivity index (χ0) is 22.8. The number of ether oxygens (including phenoxy) is 3. The van der Waals surface area contributed by atoms with E-state index in [0.717, 1.165) is 35.6 Å². The molecule has 1 heterocycles. The molecular weight excluding hydrogens is 422 g/mol. The molecule has 0 aliphatic carbocycles. The SMILES string of the molecule is CCOC(C)OCCCc1ccc(OCCc2nc(-c3ccc(SC)cc3)oc2C)cc1. The number of rotatable bonds is 13.